The van der Waals surface area contributed by atoms with Gasteiger partial charge in [0.1, 0.15) is 0 Å². The number of benzene rings is 2. The van der Waals surface area contributed by atoms with Gasteiger partial charge in [0, 0.05) is 41.2 Å². The maximum absolute atomic E-state index is 12.4. The molecule has 2 aromatic carbocycles. The SMILES string of the molecule is Cc1cc(C)nc(Nc2ccc(NC(=O)CCc3ncc(-c4ccc(C(C)C)cc4)o3)cc2)n1. The molecule has 7 heteroatoms. The molecule has 0 atom stereocenters. The van der Waals surface area contributed by atoms with E-state index >= 15 is 0 Å². The minimum absolute atomic E-state index is 0.0978. The fraction of sp³-hybridized carbons (Fsp3) is 0.259. The molecule has 2 aromatic heterocycles. The Morgan fingerprint density at radius 1 is 0.941 bits per heavy atom. The van der Waals surface area contributed by atoms with Crippen LogP contribution >= 0.6 is 0 Å². The number of rotatable bonds is 8. The van der Waals surface area contributed by atoms with Crippen molar-refractivity contribution >= 4 is 23.2 Å². The second kappa shape index (κ2) is 10.3. The normalized spacial score (nSPS) is 11.0. The number of nitrogens with one attached hydrogen (secondary N) is 2. The van der Waals surface area contributed by atoms with Crippen molar-refractivity contribution in [2.24, 2.45) is 0 Å². The summed E-state index contributed by atoms with van der Waals surface area (Å²) in [5, 5.41) is 6.09. The first kappa shape index (κ1) is 23.2. The van der Waals surface area contributed by atoms with Crippen LogP contribution in [-0.4, -0.2) is 20.9 Å². The Morgan fingerprint density at radius 3 is 2.24 bits per heavy atom. The van der Waals surface area contributed by atoms with Crippen LogP contribution < -0.4 is 10.6 Å². The molecule has 4 aromatic rings. The van der Waals surface area contributed by atoms with E-state index < -0.39 is 0 Å². The zero-order chi connectivity index (χ0) is 24.1. The highest BCUT2D eigenvalue weighted by Gasteiger charge is 2.10. The summed E-state index contributed by atoms with van der Waals surface area (Å²) in [6.07, 6.45) is 2.42. The molecule has 7 nitrogen and oxygen atoms in total. The first-order chi connectivity index (χ1) is 16.4. The maximum Gasteiger partial charge on any atom is 0.227 e. The van der Waals surface area contributed by atoms with Crippen molar-refractivity contribution in [3.8, 4) is 11.3 Å². The fourth-order valence-electron chi connectivity index (χ4n) is 3.58. The van der Waals surface area contributed by atoms with E-state index in [1.165, 1.54) is 5.56 Å². The number of hydrogen-bond donors (Lipinski definition) is 2. The summed E-state index contributed by atoms with van der Waals surface area (Å²) in [5.74, 6) is 2.19. The van der Waals surface area contributed by atoms with Crippen LogP contribution in [-0.2, 0) is 11.2 Å². The largest absolute Gasteiger partial charge is 0.441 e. The van der Waals surface area contributed by atoms with Crippen molar-refractivity contribution in [2.45, 2.75) is 46.5 Å². The van der Waals surface area contributed by atoms with E-state index in [2.05, 4.69) is 51.6 Å². The van der Waals surface area contributed by atoms with Gasteiger partial charge in [0.25, 0.3) is 0 Å². The highest BCUT2D eigenvalue weighted by molar-refractivity contribution is 5.91. The number of aryl methyl sites for hydroxylation is 3. The number of nitrogens with zero attached hydrogens (tertiary/aromatic N) is 3. The van der Waals surface area contributed by atoms with Crippen LogP contribution in [0.4, 0.5) is 17.3 Å². The molecule has 1 amide bonds. The van der Waals surface area contributed by atoms with Gasteiger partial charge in [-0.05, 0) is 55.7 Å². The lowest BCUT2D eigenvalue weighted by atomic mass is 10.0. The molecule has 0 saturated carbocycles. The Kier molecular flexibility index (Phi) is 7.01. The zero-order valence-corrected chi connectivity index (χ0v) is 19.9. The summed E-state index contributed by atoms with van der Waals surface area (Å²) in [6, 6.07) is 17.6. The minimum atomic E-state index is -0.0978. The van der Waals surface area contributed by atoms with E-state index in [0.717, 1.165) is 28.3 Å². The zero-order valence-electron chi connectivity index (χ0n) is 19.9. The van der Waals surface area contributed by atoms with Crippen molar-refractivity contribution in [2.75, 3.05) is 10.6 Å². The number of hydrogen-bond acceptors (Lipinski definition) is 6. The topological polar surface area (TPSA) is 92.9 Å². The van der Waals surface area contributed by atoms with Gasteiger partial charge >= 0.3 is 0 Å². The van der Waals surface area contributed by atoms with Gasteiger partial charge in [-0.3, -0.25) is 4.79 Å². The average Bonchev–Trinajstić information content (AvgIpc) is 3.27. The van der Waals surface area contributed by atoms with Gasteiger partial charge in [-0.2, -0.15) is 0 Å². The standard InChI is InChI=1S/C27H29N5O2/c1-17(2)20-5-7-21(8-6-20)24-16-28-26(34-24)14-13-25(33)31-22-9-11-23(12-10-22)32-27-29-18(3)15-19(4)30-27/h5-12,15-17H,13-14H2,1-4H3,(H,31,33)(H,29,30,32). The smallest absolute Gasteiger partial charge is 0.227 e. The molecule has 0 unspecified atom stereocenters. The van der Waals surface area contributed by atoms with Crippen LogP contribution in [0.1, 0.15) is 49.0 Å². The van der Waals surface area contributed by atoms with E-state index in [1.807, 2.05) is 56.3 Å². The molecule has 4 rings (SSSR count). The monoisotopic (exact) mass is 455 g/mol. The van der Waals surface area contributed by atoms with Crippen LogP contribution in [0.5, 0.6) is 0 Å². The molecule has 0 saturated heterocycles. The maximum atomic E-state index is 12.4. The molecule has 0 fully saturated rings. The number of anilines is 3. The second-order valence-electron chi connectivity index (χ2n) is 8.62. The Labute approximate surface area is 199 Å². The summed E-state index contributed by atoms with van der Waals surface area (Å²) in [7, 11) is 0. The summed E-state index contributed by atoms with van der Waals surface area (Å²) in [5.41, 5.74) is 5.63. The predicted molar refractivity (Wildman–Crippen MR) is 134 cm³/mol. The Hall–Kier alpha value is -4.00. The Balaban J connectivity index is 1.28. The number of aromatic nitrogens is 3. The molecule has 34 heavy (non-hydrogen) atoms. The molecule has 0 spiro atoms. The van der Waals surface area contributed by atoms with Crippen molar-refractivity contribution in [3.05, 3.63) is 83.6 Å². The predicted octanol–water partition coefficient (Wildman–Crippen LogP) is 6.19. The van der Waals surface area contributed by atoms with E-state index in [-0.39, 0.29) is 12.3 Å². The van der Waals surface area contributed by atoms with Crippen molar-refractivity contribution in [3.63, 3.8) is 0 Å². The van der Waals surface area contributed by atoms with Crippen LogP contribution in [0.15, 0.2) is 65.2 Å². The number of amides is 1. The van der Waals surface area contributed by atoms with E-state index in [4.69, 9.17) is 4.42 Å². The summed E-state index contributed by atoms with van der Waals surface area (Å²) in [6.45, 7) is 8.20. The van der Waals surface area contributed by atoms with E-state index in [0.29, 0.717) is 29.9 Å². The lowest BCUT2D eigenvalue weighted by Crippen LogP contribution is -2.12. The molecule has 0 radical (unpaired) electrons. The molecule has 0 bridgehead atoms. The van der Waals surface area contributed by atoms with Crippen molar-refractivity contribution in [1.82, 2.24) is 15.0 Å². The van der Waals surface area contributed by atoms with Crippen LogP contribution in [0.2, 0.25) is 0 Å². The molecule has 0 aliphatic rings. The lowest BCUT2D eigenvalue weighted by molar-refractivity contribution is -0.116. The fourth-order valence-corrected chi connectivity index (χ4v) is 3.58. The third-order valence-corrected chi connectivity index (χ3v) is 5.39. The number of oxazole rings is 1. The summed E-state index contributed by atoms with van der Waals surface area (Å²) < 4.78 is 5.85. The third kappa shape index (κ3) is 6.07. The van der Waals surface area contributed by atoms with Gasteiger partial charge in [0.15, 0.2) is 11.7 Å². The summed E-state index contributed by atoms with van der Waals surface area (Å²) in [4.78, 5) is 25.5. The molecule has 0 aliphatic carbocycles. The quantitative estimate of drug-likeness (QED) is 0.329. The molecule has 174 valence electrons. The number of carbonyl (C=O) groups excluding carboxylic acids is 1. The number of carbonyl (C=O) groups is 1. The third-order valence-electron chi connectivity index (χ3n) is 5.39. The van der Waals surface area contributed by atoms with Crippen molar-refractivity contribution < 1.29 is 9.21 Å². The molecular weight excluding hydrogens is 426 g/mol. The van der Waals surface area contributed by atoms with Crippen molar-refractivity contribution in [1.29, 1.82) is 0 Å². The molecule has 0 aliphatic heterocycles. The van der Waals surface area contributed by atoms with Gasteiger partial charge in [0.2, 0.25) is 11.9 Å². The minimum Gasteiger partial charge on any atom is -0.441 e. The highest BCUT2D eigenvalue weighted by atomic mass is 16.4. The van der Waals surface area contributed by atoms with Gasteiger partial charge in [-0.1, -0.05) is 38.1 Å². The molecule has 2 N–H and O–H groups in total. The van der Waals surface area contributed by atoms with Gasteiger partial charge in [-0.15, -0.1) is 0 Å². The van der Waals surface area contributed by atoms with Gasteiger partial charge in [-0.25, -0.2) is 15.0 Å². The van der Waals surface area contributed by atoms with Crippen LogP contribution in [0.3, 0.4) is 0 Å². The Morgan fingerprint density at radius 2 is 1.59 bits per heavy atom. The first-order valence-electron chi connectivity index (χ1n) is 11.4. The lowest BCUT2D eigenvalue weighted by Gasteiger charge is -2.08. The van der Waals surface area contributed by atoms with Gasteiger partial charge in [0.05, 0.1) is 6.20 Å². The van der Waals surface area contributed by atoms with Crippen LogP contribution in [0.25, 0.3) is 11.3 Å². The first-order valence-corrected chi connectivity index (χ1v) is 11.4. The second-order valence-corrected chi connectivity index (χ2v) is 8.62. The summed E-state index contributed by atoms with van der Waals surface area (Å²) >= 11 is 0. The van der Waals surface area contributed by atoms with Gasteiger partial charge < -0.3 is 15.1 Å². The van der Waals surface area contributed by atoms with E-state index in [1.54, 1.807) is 6.20 Å². The average molecular weight is 456 g/mol. The molecule has 2 heterocycles. The van der Waals surface area contributed by atoms with E-state index in [9.17, 15) is 4.79 Å². The van der Waals surface area contributed by atoms with Crippen LogP contribution in [0, 0.1) is 13.8 Å². The molecular formula is C27H29N5O2. The highest BCUT2D eigenvalue weighted by Crippen LogP contribution is 2.24. The Bertz CT molecular complexity index is 1240.